The first kappa shape index (κ1) is 21.5. The number of hydrogen-bond donors (Lipinski definition) is 0. The molecule has 0 bridgehead atoms. The molecule has 0 atom stereocenters. The van der Waals surface area contributed by atoms with Crippen LogP contribution in [0.4, 0.5) is 0 Å². The van der Waals surface area contributed by atoms with E-state index < -0.39 is 0 Å². The van der Waals surface area contributed by atoms with E-state index in [0.717, 1.165) is 24.1 Å². The third-order valence-corrected chi connectivity index (χ3v) is 10.1. The van der Waals surface area contributed by atoms with Crippen molar-refractivity contribution >= 4 is 60.9 Å². The maximum absolute atomic E-state index is 4.65. The summed E-state index contributed by atoms with van der Waals surface area (Å²) in [5, 5.41) is 2.50. The Kier molecular flexibility index (Phi) is 7.05. The Balaban J connectivity index is 1.22. The van der Waals surface area contributed by atoms with Crippen LogP contribution in [-0.2, 0) is 13.1 Å². The van der Waals surface area contributed by atoms with Gasteiger partial charge in [-0.25, -0.2) is 0 Å². The minimum atomic E-state index is 0.546. The molecule has 0 aliphatic heterocycles. The van der Waals surface area contributed by atoms with Gasteiger partial charge in [0.25, 0.3) is 0 Å². The summed E-state index contributed by atoms with van der Waals surface area (Å²) in [6, 6.07) is 26.1. The van der Waals surface area contributed by atoms with Crippen LogP contribution in [0.1, 0.15) is 12.8 Å². The normalized spacial score (nSPS) is 11.5. The first-order valence-electron chi connectivity index (χ1n) is 11.0. The molecule has 0 saturated heterocycles. The van der Waals surface area contributed by atoms with Crippen molar-refractivity contribution in [1.82, 2.24) is 19.1 Å². The van der Waals surface area contributed by atoms with E-state index in [4.69, 9.17) is 0 Å². The monoisotopic (exact) mass is 554 g/mol. The average Bonchev–Trinajstić information content (AvgIpc) is 3.43. The van der Waals surface area contributed by atoms with Gasteiger partial charge in [-0.3, -0.25) is 0 Å². The molecule has 0 amide bonds. The van der Waals surface area contributed by atoms with E-state index in [1.807, 2.05) is 12.7 Å². The summed E-state index contributed by atoms with van der Waals surface area (Å²) in [6.45, 7) is 2.04. The summed E-state index contributed by atoms with van der Waals surface area (Å²) < 4.78 is 7.58. The second kappa shape index (κ2) is 10.5. The van der Waals surface area contributed by atoms with Gasteiger partial charge in [0.1, 0.15) is 0 Å². The standard InChI is InChI=1S/C26H26N4Se2/c1-3-9-21(10-4-1)31-15-7-13-29-19-27-23-17-24-26(18-25(23)29)30(20-28-24)14-8-16-32-22-11-5-2-6-12-22/h1-6,9-12,17-20H,7-8,13-16H2. The quantitative estimate of drug-likeness (QED) is 0.194. The summed E-state index contributed by atoms with van der Waals surface area (Å²) in [6.07, 6.45) is 6.34. The Hall–Kier alpha value is -2.36. The van der Waals surface area contributed by atoms with Crippen molar-refractivity contribution in [2.75, 3.05) is 0 Å². The molecule has 0 N–H and O–H groups in total. The molecule has 0 fully saturated rings. The van der Waals surface area contributed by atoms with Gasteiger partial charge in [0.05, 0.1) is 0 Å². The summed E-state index contributed by atoms with van der Waals surface area (Å²) in [7, 11) is 0. The third-order valence-electron chi connectivity index (χ3n) is 5.47. The van der Waals surface area contributed by atoms with Gasteiger partial charge in [0.15, 0.2) is 0 Å². The molecular weight excluding hydrogens is 526 g/mol. The molecule has 32 heavy (non-hydrogen) atoms. The van der Waals surface area contributed by atoms with Gasteiger partial charge in [-0.05, 0) is 0 Å². The van der Waals surface area contributed by atoms with E-state index in [1.165, 1.54) is 43.4 Å². The zero-order valence-corrected chi connectivity index (χ0v) is 21.4. The van der Waals surface area contributed by atoms with E-state index in [-0.39, 0.29) is 0 Å². The van der Waals surface area contributed by atoms with Crippen molar-refractivity contribution in [2.24, 2.45) is 0 Å². The molecule has 0 unspecified atom stereocenters. The van der Waals surface area contributed by atoms with E-state index in [1.54, 1.807) is 0 Å². The minimum absolute atomic E-state index is 0.546. The van der Waals surface area contributed by atoms with Crippen molar-refractivity contribution in [2.45, 2.75) is 36.6 Å². The molecule has 4 nitrogen and oxygen atoms in total. The molecule has 3 aromatic carbocycles. The molecule has 2 heterocycles. The van der Waals surface area contributed by atoms with Crippen molar-refractivity contribution in [3.63, 3.8) is 0 Å². The van der Waals surface area contributed by atoms with Crippen LogP contribution in [0.25, 0.3) is 22.1 Å². The number of aryl methyl sites for hydroxylation is 2. The van der Waals surface area contributed by atoms with Gasteiger partial charge < -0.3 is 0 Å². The molecule has 162 valence electrons. The topological polar surface area (TPSA) is 35.6 Å². The van der Waals surface area contributed by atoms with Crippen LogP contribution in [0, 0.1) is 0 Å². The Labute approximate surface area is 201 Å². The zero-order valence-electron chi connectivity index (χ0n) is 17.9. The summed E-state index contributed by atoms with van der Waals surface area (Å²) >= 11 is 1.09. The molecule has 5 aromatic rings. The summed E-state index contributed by atoms with van der Waals surface area (Å²) in [5.74, 6) is 0. The van der Waals surface area contributed by atoms with Crippen LogP contribution < -0.4 is 8.92 Å². The fraction of sp³-hybridized carbons (Fsp3) is 0.231. The molecule has 6 heteroatoms. The van der Waals surface area contributed by atoms with E-state index in [2.05, 4.69) is 91.9 Å². The molecule has 0 spiro atoms. The van der Waals surface area contributed by atoms with E-state index >= 15 is 0 Å². The Morgan fingerprint density at radius 3 is 1.53 bits per heavy atom. The van der Waals surface area contributed by atoms with Crippen molar-refractivity contribution in [3.8, 4) is 0 Å². The Morgan fingerprint density at radius 2 is 1.06 bits per heavy atom. The van der Waals surface area contributed by atoms with Gasteiger partial charge in [-0.1, -0.05) is 0 Å². The van der Waals surface area contributed by atoms with Gasteiger partial charge in [0, 0.05) is 0 Å². The molecule has 2 aromatic heterocycles. The number of rotatable bonds is 10. The number of fused-ring (bicyclic) bond motifs is 2. The number of hydrogen-bond acceptors (Lipinski definition) is 2. The average molecular weight is 552 g/mol. The van der Waals surface area contributed by atoms with Crippen LogP contribution in [0.3, 0.4) is 0 Å². The number of imidazole rings is 2. The number of benzene rings is 3. The molecule has 5 rings (SSSR count). The van der Waals surface area contributed by atoms with Crippen molar-refractivity contribution < 1.29 is 0 Å². The van der Waals surface area contributed by atoms with Crippen molar-refractivity contribution in [1.29, 1.82) is 0 Å². The molecule has 0 aliphatic rings. The maximum atomic E-state index is 4.65. The van der Waals surface area contributed by atoms with Crippen LogP contribution >= 0.6 is 0 Å². The first-order chi connectivity index (χ1) is 15.9. The fourth-order valence-electron chi connectivity index (χ4n) is 3.85. The zero-order chi connectivity index (χ0) is 21.6. The molecule has 0 radical (unpaired) electrons. The van der Waals surface area contributed by atoms with Crippen LogP contribution in [0.2, 0.25) is 10.6 Å². The van der Waals surface area contributed by atoms with Crippen LogP contribution in [-0.4, -0.2) is 49.0 Å². The molecule has 0 saturated carbocycles. The summed E-state index contributed by atoms with van der Waals surface area (Å²) in [5.41, 5.74) is 4.53. The predicted octanol–water partition coefficient (Wildman–Crippen LogP) is 4.06. The number of nitrogens with zero attached hydrogens (tertiary/aromatic N) is 4. The van der Waals surface area contributed by atoms with Crippen molar-refractivity contribution in [3.05, 3.63) is 85.5 Å². The van der Waals surface area contributed by atoms with Gasteiger partial charge >= 0.3 is 202 Å². The molecule has 0 aliphatic carbocycles. The number of aromatic nitrogens is 4. The van der Waals surface area contributed by atoms with Gasteiger partial charge in [-0.2, -0.15) is 0 Å². The van der Waals surface area contributed by atoms with Crippen LogP contribution in [0.15, 0.2) is 85.5 Å². The second-order valence-corrected chi connectivity index (χ2v) is 12.6. The first-order valence-corrected chi connectivity index (χ1v) is 15.2. The van der Waals surface area contributed by atoms with Gasteiger partial charge in [-0.15, -0.1) is 0 Å². The second-order valence-electron chi connectivity index (χ2n) is 7.74. The van der Waals surface area contributed by atoms with Gasteiger partial charge in [0.2, 0.25) is 0 Å². The summed E-state index contributed by atoms with van der Waals surface area (Å²) in [4.78, 5) is 9.29. The van der Waals surface area contributed by atoms with Crippen LogP contribution in [0.5, 0.6) is 0 Å². The van der Waals surface area contributed by atoms with E-state index in [0.29, 0.717) is 29.9 Å². The SMILES string of the molecule is c1ccc([Se]CCCn2cnc3cc4ncn(CCC[Se]c5ccccc5)c4cc32)cc1. The van der Waals surface area contributed by atoms with E-state index in [9.17, 15) is 0 Å². The third kappa shape index (κ3) is 5.16. The Morgan fingerprint density at radius 1 is 0.594 bits per heavy atom. The Bertz CT molecular complexity index is 1180. The molecular formula is C26H26N4Se2. The predicted molar refractivity (Wildman–Crippen MR) is 136 cm³/mol. The fourth-order valence-corrected chi connectivity index (χ4v) is 7.45.